The molecule has 0 aromatic heterocycles. The third-order valence-electron chi connectivity index (χ3n) is 1.80. The van der Waals surface area contributed by atoms with Crippen molar-refractivity contribution < 1.29 is 10.3 Å². The summed E-state index contributed by atoms with van der Waals surface area (Å²) in [7, 11) is 0. The summed E-state index contributed by atoms with van der Waals surface area (Å²) in [6, 6.07) is 0. The Labute approximate surface area is 61.3 Å². The maximum Gasteiger partial charge on any atom is 0.219 e. The van der Waals surface area contributed by atoms with Crippen LogP contribution in [0.2, 0.25) is 0 Å². The molecular weight excluding hydrogens is 130 g/mol. The number of hydrogen-bond donors (Lipinski definition) is 0. The predicted octanol–water partition coefficient (Wildman–Crippen LogP) is 0.194. The second-order valence-electron chi connectivity index (χ2n) is 2.57. The van der Waals surface area contributed by atoms with Crippen LogP contribution in [0, 0.1) is 0 Å². The Balaban J connectivity index is 0.000000810. The largest absolute Gasteiger partial charge is 0.412 e. The van der Waals surface area contributed by atoms with Gasteiger partial charge in [0, 0.05) is 20.0 Å². The number of nitrogens with zero attached hydrogens (tertiary/aromatic N) is 1. The highest BCUT2D eigenvalue weighted by Crippen LogP contribution is 2.07. The van der Waals surface area contributed by atoms with Crippen molar-refractivity contribution >= 4 is 5.91 Å². The molecule has 1 aliphatic rings. The summed E-state index contributed by atoms with van der Waals surface area (Å²) in [5.41, 5.74) is 0. The van der Waals surface area contributed by atoms with Crippen LogP contribution in [0.4, 0.5) is 0 Å². The Hall–Kier alpha value is -0.570. The van der Waals surface area contributed by atoms with E-state index < -0.39 is 0 Å². The maximum absolute atomic E-state index is 10.7. The maximum atomic E-state index is 10.7. The quantitative estimate of drug-likeness (QED) is 0.480. The van der Waals surface area contributed by atoms with Crippen LogP contribution in [0.25, 0.3) is 0 Å². The molecule has 3 heteroatoms. The van der Waals surface area contributed by atoms with E-state index in [1.54, 1.807) is 6.92 Å². The van der Waals surface area contributed by atoms with Crippen LogP contribution in [0.15, 0.2) is 0 Å². The van der Waals surface area contributed by atoms with Crippen LogP contribution in [0.5, 0.6) is 0 Å². The summed E-state index contributed by atoms with van der Waals surface area (Å²) in [5.74, 6) is 0.231. The second kappa shape index (κ2) is 4.28. The third-order valence-corrected chi connectivity index (χ3v) is 1.80. The van der Waals surface area contributed by atoms with Gasteiger partial charge in [0.15, 0.2) is 0 Å². The van der Waals surface area contributed by atoms with Crippen molar-refractivity contribution in [2.75, 3.05) is 13.1 Å². The number of piperidine rings is 1. The van der Waals surface area contributed by atoms with E-state index in [0.29, 0.717) is 0 Å². The predicted molar refractivity (Wildman–Crippen MR) is 39.7 cm³/mol. The molecular formula is C7H15NO2. The molecule has 0 bridgehead atoms. The molecule has 10 heavy (non-hydrogen) atoms. The highest BCUT2D eigenvalue weighted by Gasteiger charge is 2.10. The van der Waals surface area contributed by atoms with Crippen molar-refractivity contribution in [2.24, 2.45) is 0 Å². The lowest BCUT2D eigenvalue weighted by Gasteiger charge is -2.24. The zero-order valence-electron chi connectivity index (χ0n) is 6.39. The fourth-order valence-corrected chi connectivity index (χ4v) is 1.21. The van der Waals surface area contributed by atoms with Gasteiger partial charge < -0.3 is 10.4 Å². The minimum Gasteiger partial charge on any atom is -0.412 e. The van der Waals surface area contributed by atoms with Crippen molar-refractivity contribution in [2.45, 2.75) is 26.2 Å². The molecule has 0 unspecified atom stereocenters. The number of hydrogen-bond acceptors (Lipinski definition) is 1. The SMILES string of the molecule is CC(=O)N1CCCCC1.O. The lowest BCUT2D eigenvalue weighted by atomic mass is 10.1. The van der Waals surface area contributed by atoms with Crippen LogP contribution in [-0.2, 0) is 4.79 Å². The number of likely N-dealkylation sites (tertiary alicyclic amines) is 1. The van der Waals surface area contributed by atoms with Crippen molar-refractivity contribution in [3.63, 3.8) is 0 Å². The molecule has 0 aromatic carbocycles. The number of carbonyl (C=O) groups is 1. The molecule has 1 rings (SSSR count). The molecule has 0 aliphatic carbocycles. The Morgan fingerprint density at radius 2 is 1.70 bits per heavy atom. The normalized spacial score (nSPS) is 17.9. The fourth-order valence-electron chi connectivity index (χ4n) is 1.21. The highest BCUT2D eigenvalue weighted by atomic mass is 16.2. The Morgan fingerprint density at radius 1 is 1.20 bits per heavy atom. The molecule has 0 aromatic rings. The first-order valence-electron chi connectivity index (χ1n) is 3.56. The van der Waals surface area contributed by atoms with Gasteiger partial charge in [0.2, 0.25) is 5.91 Å². The van der Waals surface area contributed by atoms with Gasteiger partial charge in [-0.15, -0.1) is 0 Å². The summed E-state index contributed by atoms with van der Waals surface area (Å²) in [6.07, 6.45) is 3.68. The molecule has 2 N–H and O–H groups in total. The molecule has 1 fully saturated rings. The smallest absolute Gasteiger partial charge is 0.219 e. The molecule has 1 amide bonds. The first kappa shape index (κ1) is 9.43. The lowest BCUT2D eigenvalue weighted by molar-refractivity contribution is -0.129. The van der Waals surface area contributed by atoms with Gasteiger partial charge in [-0.1, -0.05) is 0 Å². The monoisotopic (exact) mass is 145 g/mol. The van der Waals surface area contributed by atoms with Crippen molar-refractivity contribution in [1.29, 1.82) is 0 Å². The highest BCUT2D eigenvalue weighted by molar-refractivity contribution is 5.73. The number of amides is 1. The van der Waals surface area contributed by atoms with Gasteiger partial charge in [-0.3, -0.25) is 4.79 Å². The summed E-state index contributed by atoms with van der Waals surface area (Å²) < 4.78 is 0. The molecule has 1 saturated heterocycles. The van der Waals surface area contributed by atoms with Crippen LogP contribution in [0.3, 0.4) is 0 Å². The third kappa shape index (κ3) is 2.35. The van der Waals surface area contributed by atoms with E-state index in [0.717, 1.165) is 13.1 Å². The van der Waals surface area contributed by atoms with E-state index in [-0.39, 0.29) is 11.4 Å². The van der Waals surface area contributed by atoms with E-state index >= 15 is 0 Å². The van der Waals surface area contributed by atoms with Gasteiger partial charge in [0.1, 0.15) is 0 Å². The molecule has 0 spiro atoms. The van der Waals surface area contributed by atoms with Crippen molar-refractivity contribution in [3.8, 4) is 0 Å². The van der Waals surface area contributed by atoms with E-state index in [9.17, 15) is 4.79 Å². The first-order chi connectivity index (χ1) is 4.30. The summed E-state index contributed by atoms with van der Waals surface area (Å²) in [6.45, 7) is 3.61. The Bertz CT molecular complexity index is 108. The standard InChI is InChI=1S/C7H13NO.H2O/c1-7(9)8-5-3-2-4-6-8;/h2-6H2,1H3;1H2. The average Bonchev–Trinajstić information content (AvgIpc) is 1.90. The molecule has 3 nitrogen and oxygen atoms in total. The minimum absolute atomic E-state index is 0. The molecule has 60 valence electrons. The van der Waals surface area contributed by atoms with Gasteiger partial charge in [0.25, 0.3) is 0 Å². The lowest BCUT2D eigenvalue weighted by Crippen LogP contribution is -2.33. The Kier molecular flexibility index (Phi) is 4.03. The molecule has 1 heterocycles. The molecule has 0 radical (unpaired) electrons. The van der Waals surface area contributed by atoms with E-state index in [1.165, 1.54) is 19.3 Å². The van der Waals surface area contributed by atoms with E-state index in [1.807, 2.05) is 4.90 Å². The van der Waals surface area contributed by atoms with Crippen LogP contribution >= 0.6 is 0 Å². The molecule has 0 atom stereocenters. The average molecular weight is 145 g/mol. The van der Waals surface area contributed by atoms with Crippen LogP contribution < -0.4 is 0 Å². The molecule has 0 saturated carbocycles. The summed E-state index contributed by atoms with van der Waals surface area (Å²) in [5, 5.41) is 0. The zero-order chi connectivity index (χ0) is 6.69. The van der Waals surface area contributed by atoms with Crippen LogP contribution in [0.1, 0.15) is 26.2 Å². The van der Waals surface area contributed by atoms with E-state index in [2.05, 4.69) is 0 Å². The van der Waals surface area contributed by atoms with Gasteiger partial charge in [-0.2, -0.15) is 0 Å². The van der Waals surface area contributed by atoms with E-state index in [4.69, 9.17) is 0 Å². The first-order valence-corrected chi connectivity index (χ1v) is 3.56. The van der Waals surface area contributed by atoms with Gasteiger partial charge >= 0.3 is 0 Å². The summed E-state index contributed by atoms with van der Waals surface area (Å²) >= 11 is 0. The number of carbonyl (C=O) groups excluding carboxylic acids is 1. The van der Waals surface area contributed by atoms with Crippen molar-refractivity contribution in [3.05, 3.63) is 0 Å². The fraction of sp³-hybridized carbons (Fsp3) is 0.857. The Morgan fingerprint density at radius 3 is 2.00 bits per heavy atom. The zero-order valence-corrected chi connectivity index (χ0v) is 6.39. The number of rotatable bonds is 0. The van der Waals surface area contributed by atoms with Gasteiger partial charge in [-0.05, 0) is 19.3 Å². The van der Waals surface area contributed by atoms with Gasteiger partial charge in [0.05, 0.1) is 0 Å². The second-order valence-corrected chi connectivity index (χ2v) is 2.57. The topological polar surface area (TPSA) is 51.8 Å². The van der Waals surface area contributed by atoms with Crippen molar-refractivity contribution in [1.82, 2.24) is 4.90 Å². The van der Waals surface area contributed by atoms with Gasteiger partial charge in [-0.25, -0.2) is 0 Å². The molecule has 1 aliphatic heterocycles. The van der Waals surface area contributed by atoms with Crippen LogP contribution in [-0.4, -0.2) is 29.4 Å². The minimum atomic E-state index is 0. The summed E-state index contributed by atoms with van der Waals surface area (Å²) in [4.78, 5) is 12.6.